The highest BCUT2D eigenvalue weighted by molar-refractivity contribution is 14.0. The van der Waals surface area contributed by atoms with E-state index in [1.54, 1.807) is 0 Å². The van der Waals surface area contributed by atoms with Crippen LogP contribution in [0, 0.1) is 6.92 Å². The maximum Gasteiger partial charge on any atom is 0.221 e. The van der Waals surface area contributed by atoms with Crippen molar-refractivity contribution in [2.24, 2.45) is 4.99 Å². The molecular weight excluding hydrogens is 479 g/mol. The van der Waals surface area contributed by atoms with Gasteiger partial charge in [-0.15, -0.1) is 24.0 Å². The fourth-order valence-corrected chi connectivity index (χ4v) is 3.02. The van der Waals surface area contributed by atoms with Gasteiger partial charge in [0.25, 0.3) is 0 Å². The summed E-state index contributed by atoms with van der Waals surface area (Å²) in [6, 6.07) is 15.7. The molecule has 1 aromatic heterocycles. The minimum Gasteiger partial charge on any atom is -0.459 e. The number of aliphatic imine (C=N–C) groups is 1. The van der Waals surface area contributed by atoms with Gasteiger partial charge in [0, 0.05) is 30.1 Å². The monoisotopic (exact) mass is 506 g/mol. The van der Waals surface area contributed by atoms with E-state index in [0.717, 1.165) is 40.1 Å². The van der Waals surface area contributed by atoms with Crippen molar-refractivity contribution in [3.8, 4) is 0 Å². The molecule has 2 aromatic carbocycles. The number of furan rings is 1. The second-order valence-corrected chi connectivity index (χ2v) is 6.58. The first-order valence-corrected chi connectivity index (χ1v) is 9.42. The molecule has 0 unspecified atom stereocenters. The van der Waals surface area contributed by atoms with E-state index < -0.39 is 0 Å². The SMILES string of the molecule is CCNC(=NCc1cccc(NC(C)=O)c1)NCc1oc2ccccc2c1C.I. The molecule has 0 radical (unpaired) electrons. The number of carbonyl (C=O) groups excluding carboxylic acids is 1. The molecular formula is C22H27IN4O2. The smallest absolute Gasteiger partial charge is 0.221 e. The normalized spacial score (nSPS) is 11.1. The molecule has 1 heterocycles. The number of hydrogen-bond acceptors (Lipinski definition) is 3. The molecule has 0 aliphatic carbocycles. The van der Waals surface area contributed by atoms with Crippen molar-refractivity contribution in [2.45, 2.75) is 33.9 Å². The van der Waals surface area contributed by atoms with Crippen molar-refractivity contribution in [1.29, 1.82) is 0 Å². The van der Waals surface area contributed by atoms with Gasteiger partial charge >= 0.3 is 0 Å². The Morgan fingerprint density at radius 2 is 1.90 bits per heavy atom. The van der Waals surface area contributed by atoms with E-state index in [4.69, 9.17) is 4.42 Å². The molecule has 29 heavy (non-hydrogen) atoms. The average molecular weight is 506 g/mol. The van der Waals surface area contributed by atoms with E-state index in [1.807, 2.05) is 49.4 Å². The molecule has 0 aliphatic rings. The Bertz CT molecular complexity index is 997. The van der Waals surface area contributed by atoms with Gasteiger partial charge in [0.15, 0.2) is 5.96 Å². The Morgan fingerprint density at radius 1 is 1.10 bits per heavy atom. The van der Waals surface area contributed by atoms with Crippen LogP contribution in [0.3, 0.4) is 0 Å². The van der Waals surface area contributed by atoms with E-state index in [9.17, 15) is 4.79 Å². The van der Waals surface area contributed by atoms with Crippen LogP contribution in [0.15, 0.2) is 57.9 Å². The van der Waals surface area contributed by atoms with Crippen LogP contribution in [0.2, 0.25) is 0 Å². The summed E-state index contributed by atoms with van der Waals surface area (Å²) in [5, 5.41) is 10.5. The number of halogens is 1. The van der Waals surface area contributed by atoms with Crippen molar-refractivity contribution in [3.63, 3.8) is 0 Å². The molecule has 0 bridgehead atoms. The minimum atomic E-state index is -0.0862. The quantitative estimate of drug-likeness (QED) is 0.260. The molecule has 6 nitrogen and oxygen atoms in total. The Kier molecular flexibility index (Phi) is 8.50. The van der Waals surface area contributed by atoms with Crippen LogP contribution >= 0.6 is 24.0 Å². The zero-order valence-corrected chi connectivity index (χ0v) is 19.2. The molecule has 154 valence electrons. The summed E-state index contributed by atoms with van der Waals surface area (Å²) in [7, 11) is 0. The molecule has 0 spiro atoms. The average Bonchev–Trinajstić information content (AvgIpc) is 3.00. The summed E-state index contributed by atoms with van der Waals surface area (Å²) in [6.07, 6.45) is 0. The lowest BCUT2D eigenvalue weighted by atomic mass is 10.1. The Hall–Kier alpha value is -2.55. The predicted molar refractivity (Wildman–Crippen MR) is 129 cm³/mol. The molecule has 0 atom stereocenters. The first kappa shape index (κ1) is 22.7. The minimum absolute atomic E-state index is 0. The van der Waals surface area contributed by atoms with Gasteiger partial charge in [-0.3, -0.25) is 4.79 Å². The van der Waals surface area contributed by atoms with Crippen LogP contribution in [0.4, 0.5) is 5.69 Å². The largest absolute Gasteiger partial charge is 0.459 e. The lowest BCUT2D eigenvalue weighted by Gasteiger charge is -2.11. The van der Waals surface area contributed by atoms with Crippen molar-refractivity contribution >= 4 is 52.5 Å². The van der Waals surface area contributed by atoms with Crippen molar-refractivity contribution < 1.29 is 9.21 Å². The Morgan fingerprint density at radius 3 is 2.62 bits per heavy atom. The number of amides is 1. The molecule has 3 rings (SSSR count). The van der Waals surface area contributed by atoms with Crippen LogP contribution in [-0.4, -0.2) is 18.4 Å². The van der Waals surface area contributed by atoms with Gasteiger partial charge < -0.3 is 20.4 Å². The summed E-state index contributed by atoms with van der Waals surface area (Å²) in [5.74, 6) is 1.53. The number of nitrogens with zero attached hydrogens (tertiary/aromatic N) is 1. The third-order valence-electron chi connectivity index (χ3n) is 4.37. The first-order chi connectivity index (χ1) is 13.6. The topological polar surface area (TPSA) is 78.7 Å². The first-order valence-electron chi connectivity index (χ1n) is 9.42. The van der Waals surface area contributed by atoms with E-state index in [0.29, 0.717) is 19.0 Å². The molecule has 0 saturated carbocycles. The number of carbonyl (C=O) groups is 1. The van der Waals surface area contributed by atoms with Crippen LogP contribution in [0.25, 0.3) is 11.0 Å². The molecule has 7 heteroatoms. The number of rotatable bonds is 6. The number of fused-ring (bicyclic) bond motifs is 1. The highest BCUT2D eigenvalue weighted by Gasteiger charge is 2.10. The summed E-state index contributed by atoms with van der Waals surface area (Å²) in [4.78, 5) is 15.9. The summed E-state index contributed by atoms with van der Waals surface area (Å²) in [6.45, 7) is 7.41. The van der Waals surface area contributed by atoms with E-state index >= 15 is 0 Å². The van der Waals surface area contributed by atoms with Gasteiger partial charge in [-0.1, -0.05) is 30.3 Å². The number of anilines is 1. The van der Waals surface area contributed by atoms with E-state index in [2.05, 4.69) is 33.9 Å². The zero-order valence-electron chi connectivity index (χ0n) is 16.9. The third-order valence-corrected chi connectivity index (χ3v) is 4.37. The van der Waals surface area contributed by atoms with Crippen LogP contribution in [-0.2, 0) is 17.9 Å². The summed E-state index contributed by atoms with van der Waals surface area (Å²) >= 11 is 0. The lowest BCUT2D eigenvalue weighted by molar-refractivity contribution is -0.114. The van der Waals surface area contributed by atoms with Gasteiger partial charge in [-0.25, -0.2) is 4.99 Å². The van der Waals surface area contributed by atoms with Crippen molar-refractivity contribution in [3.05, 3.63) is 65.4 Å². The number of benzene rings is 2. The molecule has 0 aliphatic heterocycles. The van der Waals surface area contributed by atoms with Gasteiger partial charge in [0.1, 0.15) is 11.3 Å². The highest BCUT2D eigenvalue weighted by atomic mass is 127. The molecule has 1 amide bonds. The molecule has 0 saturated heterocycles. The predicted octanol–water partition coefficient (Wildman–Crippen LogP) is 4.57. The van der Waals surface area contributed by atoms with Crippen LogP contribution < -0.4 is 16.0 Å². The van der Waals surface area contributed by atoms with E-state index in [-0.39, 0.29) is 29.9 Å². The fraction of sp³-hybridized carbons (Fsp3) is 0.273. The summed E-state index contributed by atoms with van der Waals surface area (Å²) in [5.41, 5.74) is 3.83. The lowest BCUT2D eigenvalue weighted by Crippen LogP contribution is -2.36. The van der Waals surface area contributed by atoms with E-state index in [1.165, 1.54) is 6.92 Å². The van der Waals surface area contributed by atoms with Gasteiger partial charge in [-0.2, -0.15) is 0 Å². The second-order valence-electron chi connectivity index (χ2n) is 6.58. The number of guanidine groups is 1. The number of aryl methyl sites for hydroxylation is 1. The standard InChI is InChI=1S/C22H26N4O2.HI/c1-4-23-22(24-13-17-8-7-9-18(12-17)26-16(3)27)25-14-21-15(2)19-10-5-6-11-20(19)28-21;/h5-12H,4,13-14H2,1-3H3,(H,26,27)(H2,23,24,25);1H. The summed E-state index contributed by atoms with van der Waals surface area (Å²) < 4.78 is 5.96. The van der Waals surface area contributed by atoms with Gasteiger partial charge in [-0.05, 0) is 37.6 Å². The molecule has 0 fully saturated rings. The Balaban J connectivity index is 0.00000300. The zero-order chi connectivity index (χ0) is 19.9. The number of para-hydroxylation sites is 1. The van der Waals surface area contributed by atoms with Crippen molar-refractivity contribution in [2.75, 3.05) is 11.9 Å². The third kappa shape index (κ3) is 6.22. The maximum absolute atomic E-state index is 11.2. The second kappa shape index (κ2) is 10.8. The van der Waals surface area contributed by atoms with Gasteiger partial charge in [0.2, 0.25) is 5.91 Å². The van der Waals surface area contributed by atoms with Crippen molar-refractivity contribution in [1.82, 2.24) is 10.6 Å². The maximum atomic E-state index is 11.2. The molecule has 3 N–H and O–H groups in total. The van der Waals surface area contributed by atoms with Crippen LogP contribution in [0.1, 0.15) is 30.7 Å². The number of hydrogen-bond donors (Lipinski definition) is 3. The van der Waals surface area contributed by atoms with Gasteiger partial charge in [0.05, 0.1) is 13.1 Å². The number of nitrogens with one attached hydrogen (secondary N) is 3. The molecule has 3 aromatic rings. The van der Waals surface area contributed by atoms with Crippen LogP contribution in [0.5, 0.6) is 0 Å². The Labute approximate surface area is 188 Å². The fourth-order valence-electron chi connectivity index (χ4n) is 3.02. The highest BCUT2D eigenvalue weighted by Crippen LogP contribution is 2.24.